The lowest BCUT2D eigenvalue weighted by Crippen LogP contribution is -2.50. The van der Waals surface area contributed by atoms with Crippen LogP contribution in [-0.2, 0) is 29.0 Å². The maximum Gasteiger partial charge on any atom is 0.243 e. The van der Waals surface area contributed by atoms with Gasteiger partial charge in [-0.3, -0.25) is 9.59 Å². The van der Waals surface area contributed by atoms with E-state index in [-0.39, 0.29) is 30.6 Å². The van der Waals surface area contributed by atoms with E-state index in [1.165, 1.54) is 11.6 Å². The number of carbonyl (C=O) groups is 2. The normalized spacial score (nSPS) is 11.8. The zero-order valence-electron chi connectivity index (χ0n) is 20.8. The molecule has 0 radical (unpaired) electrons. The average molecular weight is 475 g/mol. The van der Waals surface area contributed by atoms with Gasteiger partial charge in [0.05, 0.1) is 0 Å². The predicted molar refractivity (Wildman–Crippen MR) is 138 cm³/mol. The molecular formula is C30H35FN2O2. The molecule has 0 fully saturated rings. The van der Waals surface area contributed by atoms with Gasteiger partial charge in [0, 0.05) is 31.5 Å². The topological polar surface area (TPSA) is 49.4 Å². The van der Waals surface area contributed by atoms with E-state index < -0.39 is 6.04 Å². The number of amides is 2. The summed E-state index contributed by atoms with van der Waals surface area (Å²) in [4.78, 5) is 28.3. The van der Waals surface area contributed by atoms with Gasteiger partial charge in [0.15, 0.2) is 0 Å². The van der Waals surface area contributed by atoms with E-state index >= 15 is 0 Å². The van der Waals surface area contributed by atoms with Gasteiger partial charge in [-0.2, -0.15) is 0 Å². The summed E-state index contributed by atoms with van der Waals surface area (Å²) in [5.41, 5.74) is 3.65. The average Bonchev–Trinajstić information content (AvgIpc) is 2.86. The second kappa shape index (κ2) is 12.8. The maximum absolute atomic E-state index is 14.6. The molecule has 0 aliphatic carbocycles. The monoisotopic (exact) mass is 474 g/mol. The largest absolute Gasteiger partial charge is 0.355 e. The van der Waals surface area contributed by atoms with Crippen LogP contribution in [-0.4, -0.2) is 29.3 Å². The van der Waals surface area contributed by atoms with Crippen LogP contribution in [0.4, 0.5) is 4.39 Å². The zero-order valence-corrected chi connectivity index (χ0v) is 20.8. The second-order valence-corrected chi connectivity index (χ2v) is 9.11. The number of halogens is 1. The van der Waals surface area contributed by atoms with Crippen molar-refractivity contribution >= 4 is 11.8 Å². The lowest BCUT2D eigenvalue weighted by molar-refractivity contribution is -0.141. The summed E-state index contributed by atoms with van der Waals surface area (Å²) < 4.78 is 14.6. The summed E-state index contributed by atoms with van der Waals surface area (Å²) in [6.07, 6.45) is 1.15. The Morgan fingerprint density at radius 2 is 1.54 bits per heavy atom. The lowest BCUT2D eigenvalue weighted by Gasteiger charge is -2.31. The molecule has 5 heteroatoms. The van der Waals surface area contributed by atoms with E-state index in [1.807, 2.05) is 37.3 Å². The number of rotatable bonds is 11. The molecule has 1 unspecified atom stereocenters. The first-order valence-corrected chi connectivity index (χ1v) is 12.3. The maximum atomic E-state index is 14.6. The van der Waals surface area contributed by atoms with Crippen LogP contribution in [0.2, 0.25) is 0 Å². The molecule has 3 aromatic carbocycles. The van der Waals surface area contributed by atoms with Gasteiger partial charge in [0.2, 0.25) is 11.8 Å². The Hall–Kier alpha value is -3.47. The second-order valence-electron chi connectivity index (χ2n) is 9.11. The first kappa shape index (κ1) is 26.1. The molecule has 1 N–H and O–H groups in total. The molecule has 0 aliphatic heterocycles. The third-order valence-corrected chi connectivity index (χ3v) is 6.19. The molecule has 1 atom stereocenters. The molecule has 184 valence electrons. The predicted octanol–water partition coefficient (Wildman–Crippen LogP) is 5.66. The summed E-state index contributed by atoms with van der Waals surface area (Å²) in [6, 6.07) is 23.6. The summed E-state index contributed by atoms with van der Waals surface area (Å²) in [5, 5.41) is 2.87. The van der Waals surface area contributed by atoms with Gasteiger partial charge in [-0.25, -0.2) is 4.39 Å². The number of hydrogen-bond donors (Lipinski definition) is 1. The van der Waals surface area contributed by atoms with Crippen molar-refractivity contribution in [1.29, 1.82) is 0 Å². The number of nitrogens with zero attached hydrogens (tertiary/aromatic N) is 1. The fourth-order valence-electron chi connectivity index (χ4n) is 4.12. The van der Waals surface area contributed by atoms with Crippen LogP contribution in [0.15, 0.2) is 78.9 Å². The van der Waals surface area contributed by atoms with Crippen molar-refractivity contribution < 1.29 is 14.0 Å². The minimum absolute atomic E-state index is 0.0342. The van der Waals surface area contributed by atoms with Crippen LogP contribution < -0.4 is 5.32 Å². The third kappa shape index (κ3) is 7.51. The van der Waals surface area contributed by atoms with E-state index in [0.717, 1.165) is 11.1 Å². The number of aryl methyl sites for hydroxylation is 1. The minimum Gasteiger partial charge on any atom is -0.355 e. The quantitative estimate of drug-likeness (QED) is 0.390. The number of carbonyl (C=O) groups excluding carboxylic acids is 2. The summed E-state index contributed by atoms with van der Waals surface area (Å²) in [6.45, 7) is 6.63. The lowest BCUT2D eigenvalue weighted by atomic mass is 9.99. The SMILES string of the molecule is CCNC(=O)C(Cc1ccccc1)N(Cc1ccccc1F)C(=O)CCc1ccc(C(C)C)cc1. The highest BCUT2D eigenvalue weighted by molar-refractivity contribution is 5.88. The van der Waals surface area contributed by atoms with E-state index in [2.05, 4.69) is 43.4 Å². The molecule has 2 amide bonds. The molecule has 0 spiro atoms. The van der Waals surface area contributed by atoms with Gasteiger partial charge in [-0.05, 0) is 42.0 Å². The molecule has 0 aliphatic rings. The molecule has 35 heavy (non-hydrogen) atoms. The smallest absolute Gasteiger partial charge is 0.243 e. The number of benzene rings is 3. The van der Waals surface area contributed by atoms with Crippen molar-refractivity contribution in [2.75, 3.05) is 6.54 Å². The van der Waals surface area contributed by atoms with Crippen LogP contribution in [0.3, 0.4) is 0 Å². The molecular weight excluding hydrogens is 439 g/mol. The molecule has 0 saturated heterocycles. The Labute approximate surface area is 208 Å². The minimum atomic E-state index is -0.743. The van der Waals surface area contributed by atoms with Gasteiger partial charge in [-0.1, -0.05) is 86.6 Å². The van der Waals surface area contributed by atoms with Gasteiger partial charge < -0.3 is 10.2 Å². The number of likely N-dealkylation sites (N-methyl/N-ethyl adjacent to an activating group) is 1. The van der Waals surface area contributed by atoms with Crippen molar-refractivity contribution in [3.8, 4) is 0 Å². The fraction of sp³-hybridized carbons (Fsp3) is 0.333. The van der Waals surface area contributed by atoms with E-state index in [0.29, 0.717) is 30.9 Å². The van der Waals surface area contributed by atoms with Crippen molar-refractivity contribution in [2.45, 2.75) is 58.5 Å². The first-order valence-electron chi connectivity index (χ1n) is 12.3. The molecule has 0 heterocycles. The highest BCUT2D eigenvalue weighted by atomic mass is 19.1. The molecule has 3 rings (SSSR count). The summed E-state index contributed by atoms with van der Waals surface area (Å²) >= 11 is 0. The Bertz CT molecular complexity index is 1100. The van der Waals surface area contributed by atoms with Crippen molar-refractivity contribution in [3.63, 3.8) is 0 Å². The molecule has 3 aromatic rings. The summed E-state index contributed by atoms with van der Waals surface area (Å²) in [5.74, 6) is -0.350. The fourth-order valence-corrected chi connectivity index (χ4v) is 4.12. The highest BCUT2D eigenvalue weighted by Crippen LogP contribution is 2.19. The van der Waals surface area contributed by atoms with Crippen LogP contribution in [0.1, 0.15) is 55.4 Å². The standard InChI is InChI=1S/C30H35FN2O2/c1-4-32-30(35)28(20-24-10-6-5-7-11-24)33(21-26-12-8-9-13-27(26)31)29(34)19-16-23-14-17-25(18-15-23)22(2)3/h5-15,17-18,22,28H,4,16,19-21H2,1-3H3,(H,32,35). The highest BCUT2D eigenvalue weighted by Gasteiger charge is 2.30. The van der Waals surface area contributed by atoms with Crippen molar-refractivity contribution in [2.24, 2.45) is 0 Å². The molecule has 4 nitrogen and oxygen atoms in total. The number of hydrogen-bond acceptors (Lipinski definition) is 2. The van der Waals surface area contributed by atoms with Gasteiger partial charge in [0.1, 0.15) is 11.9 Å². The Morgan fingerprint density at radius 1 is 0.886 bits per heavy atom. The van der Waals surface area contributed by atoms with Crippen LogP contribution >= 0.6 is 0 Å². The van der Waals surface area contributed by atoms with Crippen LogP contribution in [0.25, 0.3) is 0 Å². The van der Waals surface area contributed by atoms with Crippen LogP contribution in [0.5, 0.6) is 0 Å². The molecule has 0 saturated carbocycles. The van der Waals surface area contributed by atoms with Crippen molar-refractivity contribution in [1.82, 2.24) is 10.2 Å². The van der Waals surface area contributed by atoms with Gasteiger partial charge >= 0.3 is 0 Å². The third-order valence-electron chi connectivity index (χ3n) is 6.19. The summed E-state index contributed by atoms with van der Waals surface area (Å²) in [7, 11) is 0. The van der Waals surface area contributed by atoms with Crippen LogP contribution in [0, 0.1) is 5.82 Å². The van der Waals surface area contributed by atoms with E-state index in [1.54, 1.807) is 23.1 Å². The van der Waals surface area contributed by atoms with E-state index in [9.17, 15) is 14.0 Å². The Kier molecular flexibility index (Phi) is 9.59. The van der Waals surface area contributed by atoms with Gasteiger partial charge in [-0.15, -0.1) is 0 Å². The molecule has 0 bridgehead atoms. The van der Waals surface area contributed by atoms with Gasteiger partial charge in [0.25, 0.3) is 0 Å². The Balaban J connectivity index is 1.87. The first-order chi connectivity index (χ1) is 16.9. The molecule has 0 aromatic heterocycles. The zero-order chi connectivity index (χ0) is 25.2. The van der Waals surface area contributed by atoms with E-state index in [4.69, 9.17) is 0 Å². The number of nitrogens with one attached hydrogen (secondary N) is 1. The Morgan fingerprint density at radius 3 is 2.17 bits per heavy atom. The van der Waals surface area contributed by atoms with Crippen molar-refractivity contribution in [3.05, 3.63) is 107 Å².